The Morgan fingerprint density at radius 2 is 2.08 bits per heavy atom. The van der Waals surface area contributed by atoms with Gasteiger partial charge in [0.2, 0.25) is 5.88 Å². The molecular formula is C16H16N4O4. The first kappa shape index (κ1) is 15.9. The molecule has 1 aliphatic heterocycles. The average Bonchev–Trinajstić information content (AvgIpc) is 2.63. The van der Waals surface area contributed by atoms with Crippen LogP contribution in [0, 0.1) is 10.1 Å². The van der Waals surface area contributed by atoms with Crippen LogP contribution >= 0.6 is 0 Å². The van der Waals surface area contributed by atoms with Crippen molar-refractivity contribution in [2.45, 2.75) is 18.9 Å². The summed E-state index contributed by atoms with van der Waals surface area (Å²) in [5.41, 5.74) is 0.249. The van der Waals surface area contributed by atoms with Crippen molar-refractivity contribution in [2.24, 2.45) is 0 Å². The first-order valence-electron chi connectivity index (χ1n) is 7.60. The molecule has 1 amide bonds. The summed E-state index contributed by atoms with van der Waals surface area (Å²) >= 11 is 0. The highest BCUT2D eigenvalue weighted by molar-refractivity contribution is 5.94. The molecule has 1 fully saturated rings. The predicted molar refractivity (Wildman–Crippen MR) is 84.7 cm³/mol. The predicted octanol–water partition coefficient (Wildman–Crippen LogP) is 2.07. The lowest BCUT2D eigenvalue weighted by Crippen LogP contribution is -2.41. The molecule has 0 unspecified atom stereocenters. The van der Waals surface area contributed by atoms with E-state index >= 15 is 0 Å². The van der Waals surface area contributed by atoms with Crippen LogP contribution in [0.4, 0.5) is 5.69 Å². The summed E-state index contributed by atoms with van der Waals surface area (Å²) in [5, 5.41) is 10.8. The SMILES string of the molecule is O=C(c1cccc([N+](=O)[O-])c1)N1CCC(Oc2cnccn2)CC1. The molecule has 0 spiro atoms. The standard InChI is InChI=1S/C16H16N4O4/c21-16(12-2-1-3-13(10-12)20(22)23)19-8-4-14(5-9-19)24-15-11-17-6-7-18-15/h1-3,6-7,10-11,14H,4-5,8-9H2. The number of hydrogen-bond acceptors (Lipinski definition) is 6. The Kier molecular flexibility index (Phi) is 4.64. The second-order valence-corrected chi connectivity index (χ2v) is 5.46. The van der Waals surface area contributed by atoms with Crippen LogP contribution in [-0.4, -0.2) is 44.9 Å². The van der Waals surface area contributed by atoms with Crippen molar-refractivity contribution in [3.8, 4) is 5.88 Å². The number of rotatable bonds is 4. The van der Waals surface area contributed by atoms with E-state index < -0.39 is 4.92 Å². The van der Waals surface area contributed by atoms with Gasteiger partial charge in [-0.15, -0.1) is 0 Å². The third-order valence-corrected chi connectivity index (χ3v) is 3.86. The number of likely N-dealkylation sites (tertiary alicyclic amines) is 1. The first-order valence-corrected chi connectivity index (χ1v) is 7.60. The minimum Gasteiger partial charge on any atom is -0.473 e. The monoisotopic (exact) mass is 328 g/mol. The number of amides is 1. The number of non-ortho nitro benzene ring substituents is 1. The number of nitro groups is 1. The number of hydrogen-bond donors (Lipinski definition) is 0. The summed E-state index contributed by atoms with van der Waals surface area (Å²) in [6, 6.07) is 5.80. The molecule has 8 nitrogen and oxygen atoms in total. The minimum absolute atomic E-state index is 0.0177. The maximum absolute atomic E-state index is 12.5. The molecule has 24 heavy (non-hydrogen) atoms. The van der Waals surface area contributed by atoms with E-state index in [2.05, 4.69) is 9.97 Å². The van der Waals surface area contributed by atoms with Crippen molar-refractivity contribution in [2.75, 3.05) is 13.1 Å². The molecule has 0 bridgehead atoms. The van der Waals surface area contributed by atoms with Crippen molar-refractivity contribution < 1.29 is 14.5 Å². The number of carbonyl (C=O) groups excluding carboxylic acids is 1. The van der Waals surface area contributed by atoms with Gasteiger partial charge < -0.3 is 9.64 Å². The van der Waals surface area contributed by atoms with Gasteiger partial charge in [-0.1, -0.05) is 6.07 Å². The summed E-state index contributed by atoms with van der Waals surface area (Å²) in [7, 11) is 0. The van der Waals surface area contributed by atoms with Crippen LogP contribution in [0.2, 0.25) is 0 Å². The van der Waals surface area contributed by atoms with Gasteiger partial charge in [0, 0.05) is 56.0 Å². The molecule has 1 saturated heterocycles. The fourth-order valence-electron chi connectivity index (χ4n) is 2.63. The summed E-state index contributed by atoms with van der Waals surface area (Å²) in [6.45, 7) is 1.07. The molecule has 2 heterocycles. The average molecular weight is 328 g/mol. The summed E-state index contributed by atoms with van der Waals surface area (Å²) in [4.78, 5) is 32.5. The van der Waals surface area contributed by atoms with Gasteiger partial charge in [-0.05, 0) is 6.07 Å². The quantitative estimate of drug-likeness (QED) is 0.629. The Morgan fingerprint density at radius 1 is 1.29 bits per heavy atom. The number of nitro benzene ring substituents is 1. The van der Waals surface area contributed by atoms with Crippen LogP contribution < -0.4 is 4.74 Å². The highest BCUT2D eigenvalue weighted by Gasteiger charge is 2.25. The van der Waals surface area contributed by atoms with Gasteiger partial charge in [0.15, 0.2) is 0 Å². The van der Waals surface area contributed by atoms with Crippen LogP contribution in [0.3, 0.4) is 0 Å². The largest absolute Gasteiger partial charge is 0.473 e. The van der Waals surface area contributed by atoms with Crippen LogP contribution in [0.15, 0.2) is 42.9 Å². The van der Waals surface area contributed by atoms with Gasteiger partial charge in [-0.3, -0.25) is 19.9 Å². The Hall–Kier alpha value is -3.03. The molecule has 0 atom stereocenters. The van der Waals surface area contributed by atoms with Crippen LogP contribution in [0.25, 0.3) is 0 Å². The number of nitrogens with zero attached hydrogens (tertiary/aromatic N) is 4. The lowest BCUT2D eigenvalue weighted by atomic mass is 10.1. The van der Waals surface area contributed by atoms with E-state index in [0.717, 1.165) is 0 Å². The number of ether oxygens (including phenoxy) is 1. The summed E-state index contributed by atoms with van der Waals surface area (Å²) < 4.78 is 5.74. The second kappa shape index (κ2) is 7.03. The van der Waals surface area contributed by atoms with Gasteiger partial charge >= 0.3 is 0 Å². The zero-order chi connectivity index (χ0) is 16.9. The third kappa shape index (κ3) is 3.65. The third-order valence-electron chi connectivity index (χ3n) is 3.86. The van der Waals surface area contributed by atoms with Gasteiger partial charge in [0.25, 0.3) is 11.6 Å². The van der Waals surface area contributed by atoms with Crippen LogP contribution in [-0.2, 0) is 0 Å². The topological polar surface area (TPSA) is 98.5 Å². The van der Waals surface area contributed by atoms with E-state index in [1.54, 1.807) is 29.6 Å². The van der Waals surface area contributed by atoms with Crippen molar-refractivity contribution in [3.63, 3.8) is 0 Å². The zero-order valence-electron chi connectivity index (χ0n) is 12.9. The maximum Gasteiger partial charge on any atom is 0.270 e. The normalized spacial score (nSPS) is 15.1. The molecule has 8 heteroatoms. The van der Waals surface area contributed by atoms with Crippen molar-refractivity contribution in [3.05, 3.63) is 58.5 Å². The molecule has 0 N–H and O–H groups in total. The highest BCUT2D eigenvalue weighted by atomic mass is 16.6. The Bertz CT molecular complexity index is 730. The van der Waals surface area contributed by atoms with Gasteiger partial charge in [-0.25, -0.2) is 4.98 Å². The van der Waals surface area contributed by atoms with E-state index in [0.29, 0.717) is 37.4 Å². The smallest absolute Gasteiger partial charge is 0.270 e. The summed E-state index contributed by atoms with van der Waals surface area (Å²) in [6.07, 6.45) is 6.04. The molecule has 2 aromatic rings. The van der Waals surface area contributed by atoms with E-state index in [-0.39, 0.29) is 17.7 Å². The Labute approximate surface area is 138 Å². The summed E-state index contributed by atoms with van der Waals surface area (Å²) in [5.74, 6) is 0.276. The Morgan fingerprint density at radius 3 is 2.75 bits per heavy atom. The fraction of sp³-hybridized carbons (Fsp3) is 0.312. The van der Waals surface area contributed by atoms with Gasteiger partial charge in [-0.2, -0.15) is 0 Å². The molecule has 0 saturated carbocycles. The molecule has 124 valence electrons. The van der Waals surface area contributed by atoms with Crippen LogP contribution in [0.5, 0.6) is 5.88 Å². The van der Waals surface area contributed by atoms with E-state index in [1.165, 1.54) is 18.2 Å². The maximum atomic E-state index is 12.5. The fourth-order valence-corrected chi connectivity index (χ4v) is 2.63. The molecule has 0 radical (unpaired) electrons. The Balaban J connectivity index is 1.59. The molecule has 1 aromatic heterocycles. The zero-order valence-corrected chi connectivity index (χ0v) is 12.9. The van der Waals surface area contributed by atoms with Gasteiger partial charge in [0.1, 0.15) is 6.10 Å². The first-order chi connectivity index (χ1) is 11.6. The highest BCUT2D eigenvalue weighted by Crippen LogP contribution is 2.20. The lowest BCUT2D eigenvalue weighted by molar-refractivity contribution is -0.384. The van der Waals surface area contributed by atoms with Crippen molar-refractivity contribution >= 4 is 11.6 Å². The molecule has 3 rings (SSSR count). The second-order valence-electron chi connectivity index (χ2n) is 5.46. The number of carbonyl (C=O) groups is 1. The van der Waals surface area contributed by atoms with E-state index in [4.69, 9.17) is 4.74 Å². The van der Waals surface area contributed by atoms with Crippen molar-refractivity contribution in [1.29, 1.82) is 0 Å². The molecule has 1 aliphatic rings. The van der Waals surface area contributed by atoms with E-state index in [1.807, 2.05) is 0 Å². The number of aromatic nitrogens is 2. The molecule has 1 aromatic carbocycles. The number of piperidine rings is 1. The minimum atomic E-state index is -0.502. The lowest BCUT2D eigenvalue weighted by Gasteiger charge is -2.31. The number of benzene rings is 1. The van der Waals surface area contributed by atoms with Gasteiger partial charge in [0.05, 0.1) is 11.1 Å². The molecule has 0 aliphatic carbocycles. The molecular weight excluding hydrogens is 312 g/mol. The van der Waals surface area contributed by atoms with E-state index in [9.17, 15) is 14.9 Å². The van der Waals surface area contributed by atoms with Crippen LogP contribution in [0.1, 0.15) is 23.2 Å². The van der Waals surface area contributed by atoms with Crippen molar-refractivity contribution in [1.82, 2.24) is 14.9 Å².